The zero-order valence-corrected chi connectivity index (χ0v) is 12.4. The van der Waals surface area contributed by atoms with E-state index >= 15 is 0 Å². The fourth-order valence-electron chi connectivity index (χ4n) is 1.94. The molecule has 0 unspecified atom stereocenters. The Balaban J connectivity index is 2.91. The first kappa shape index (κ1) is 16.1. The van der Waals surface area contributed by atoms with Crippen molar-refractivity contribution in [3.8, 4) is 0 Å². The maximum absolute atomic E-state index is 11.2. The number of methoxy groups -OCH3 is 1. The molecule has 0 atom stereocenters. The van der Waals surface area contributed by atoms with E-state index in [0.29, 0.717) is 18.4 Å². The molecular formula is C15H21NO4. The van der Waals surface area contributed by atoms with Crippen LogP contribution in [0.4, 0.5) is 5.69 Å². The molecule has 0 spiro atoms. The van der Waals surface area contributed by atoms with Gasteiger partial charge >= 0.3 is 5.97 Å². The lowest BCUT2D eigenvalue weighted by molar-refractivity contribution is -0.385. The van der Waals surface area contributed by atoms with Crippen molar-refractivity contribution in [2.45, 2.75) is 45.4 Å². The lowest BCUT2D eigenvalue weighted by Crippen LogP contribution is -2.12. The summed E-state index contributed by atoms with van der Waals surface area (Å²) < 4.78 is 4.56. The summed E-state index contributed by atoms with van der Waals surface area (Å²) in [5, 5.41) is 11.2. The number of nitro groups is 1. The van der Waals surface area contributed by atoms with Gasteiger partial charge < -0.3 is 4.74 Å². The smallest absolute Gasteiger partial charge is 0.305 e. The molecule has 0 saturated heterocycles. The first-order valence-corrected chi connectivity index (χ1v) is 6.60. The van der Waals surface area contributed by atoms with Gasteiger partial charge in [0.1, 0.15) is 0 Å². The number of benzene rings is 1. The molecule has 0 amide bonds. The van der Waals surface area contributed by atoms with E-state index in [2.05, 4.69) is 4.74 Å². The van der Waals surface area contributed by atoms with Gasteiger partial charge in [-0.2, -0.15) is 0 Å². The largest absolute Gasteiger partial charge is 0.469 e. The van der Waals surface area contributed by atoms with Gasteiger partial charge in [0, 0.05) is 18.1 Å². The highest BCUT2D eigenvalue weighted by Gasteiger charge is 2.20. The number of esters is 1. The molecule has 1 rings (SSSR count). The van der Waals surface area contributed by atoms with Crippen molar-refractivity contribution < 1.29 is 14.5 Å². The van der Waals surface area contributed by atoms with Crippen LogP contribution in [0.1, 0.15) is 44.7 Å². The topological polar surface area (TPSA) is 69.4 Å². The Bertz CT molecular complexity index is 503. The molecule has 5 heteroatoms. The SMILES string of the molecule is COC(=O)CCCc1ccc(C(C)(C)C)cc1[N+](=O)[O-]. The third-order valence-electron chi connectivity index (χ3n) is 3.20. The van der Waals surface area contributed by atoms with Crippen molar-refractivity contribution in [1.82, 2.24) is 0 Å². The average molecular weight is 279 g/mol. The number of nitro benzene ring substituents is 1. The van der Waals surface area contributed by atoms with Crippen molar-refractivity contribution in [3.63, 3.8) is 0 Å². The summed E-state index contributed by atoms with van der Waals surface area (Å²) in [7, 11) is 1.34. The van der Waals surface area contributed by atoms with Crippen LogP contribution in [0, 0.1) is 10.1 Å². The molecular weight excluding hydrogens is 258 g/mol. The molecule has 20 heavy (non-hydrogen) atoms. The summed E-state index contributed by atoms with van der Waals surface area (Å²) in [6.07, 6.45) is 1.31. The van der Waals surface area contributed by atoms with E-state index in [9.17, 15) is 14.9 Å². The second-order valence-electron chi connectivity index (χ2n) is 5.78. The van der Waals surface area contributed by atoms with Gasteiger partial charge in [0.15, 0.2) is 0 Å². The predicted molar refractivity (Wildman–Crippen MR) is 76.8 cm³/mol. The van der Waals surface area contributed by atoms with Crippen LogP contribution in [0.15, 0.2) is 18.2 Å². The van der Waals surface area contributed by atoms with E-state index in [1.807, 2.05) is 26.8 Å². The number of hydrogen-bond acceptors (Lipinski definition) is 4. The molecule has 0 fully saturated rings. The summed E-state index contributed by atoms with van der Waals surface area (Å²) in [5.74, 6) is -0.293. The Morgan fingerprint density at radius 2 is 2.00 bits per heavy atom. The standard InChI is InChI=1S/C15H21NO4/c1-15(2,3)12-9-8-11(13(10-12)16(18)19)6-5-7-14(17)20-4/h8-10H,5-7H2,1-4H3. The maximum atomic E-state index is 11.2. The van der Waals surface area contributed by atoms with Gasteiger partial charge in [-0.15, -0.1) is 0 Å². The van der Waals surface area contributed by atoms with E-state index < -0.39 is 0 Å². The van der Waals surface area contributed by atoms with E-state index in [-0.39, 0.29) is 28.4 Å². The second-order valence-corrected chi connectivity index (χ2v) is 5.78. The lowest BCUT2D eigenvalue weighted by atomic mass is 9.86. The van der Waals surface area contributed by atoms with Crippen LogP contribution < -0.4 is 0 Å². The van der Waals surface area contributed by atoms with Crippen LogP contribution in [0.2, 0.25) is 0 Å². The molecule has 0 N–H and O–H groups in total. The van der Waals surface area contributed by atoms with Crippen molar-refractivity contribution >= 4 is 11.7 Å². The van der Waals surface area contributed by atoms with E-state index in [4.69, 9.17) is 0 Å². The average Bonchev–Trinajstić information content (AvgIpc) is 2.37. The molecule has 1 aromatic carbocycles. The number of carbonyl (C=O) groups is 1. The highest BCUT2D eigenvalue weighted by molar-refractivity contribution is 5.69. The van der Waals surface area contributed by atoms with Crippen molar-refractivity contribution in [2.24, 2.45) is 0 Å². The third kappa shape index (κ3) is 4.33. The number of ether oxygens (including phenoxy) is 1. The third-order valence-corrected chi connectivity index (χ3v) is 3.20. The molecule has 0 bridgehead atoms. The van der Waals surface area contributed by atoms with Gasteiger partial charge in [0.25, 0.3) is 5.69 Å². The predicted octanol–water partition coefficient (Wildman–Crippen LogP) is 3.39. The molecule has 0 aromatic heterocycles. The summed E-state index contributed by atoms with van der Waals surface area (Å²) in [5.41, 5.74) is 1.59. The van der Waals surface area contributed by atoms with Gasteiger partial charge in [-0.3, -0.25) is 14.9 Å². The molecule has 0 saturated carbocycles. The zero-order chi connectivity index (χ0) is 15.3. The van der Waals surface area contributed by atoms with Crippen LogP contribution in [0.25, 0.3) is 0 Å². The Morgan fingerprint density at radius 1 is 1.35 bits per heavy atom. The molecule has 0 aliphatic rings. The fourth-order valence-corrected chi connectivity index (χ4v) is 1.94. The molecule has 0 heterocycles. The first-order chi connectivity index (χ1) is 9.25. The number of nitrogens with zero attached hydrogens (tertiary/aromatic N) is 1. The molecule has 0 aliphatic heterocycles. The normalized spacial score (nSPS) is 11.2. The number of rotatable bonds is 5. The minimum absolute atomic E-state index is 0.127. The molecule has 0 aliphatic carbocycles. The summed E-state index contributed by atoms with van der Waals surface area (Å²) in [6, 6.07) is 5.34. The molecule has 1 aromatic rings. The van der Waals surface area contributed by atoms with Crippen molar-refractivity contribution in [1.29, 1.82) is 0 Å². The second kappa shape index (κ2) is 6.50. The summed E-state index contributed by atoms with van der Waals surface area (Å²) in [4.78, 5) is 21.9. The lowest BCUT2D eigenvalue weighted by Gasteiger charge is -2.19. The molecule has 5 nitrogen and oxygen atoms in total. The maximum Gasteiger partial charge on any atom is 0.305 e. The summed E-state index contributed by atoms with van der Waals surface area (Å²) >= 11 is 0. The van der Waals surface area contributed by atoms with Gasteiger partial charge in [-0.05, 0) is 23.8 Å². The highest BCUT2D eigenvalue weighted by atomic mass is 16.6. The van der Waals surface area contributed by atoms with Crippen molar-refractivity contribution in [2.75, 3.05) is 7.11 Å². The van der Waals surface area contributed by atoms with Crippen LogP contribution in [0.3, 0.4) is 0 Å². The Morgan fingerprint density at radius 3 is 2.50 bits per heavy atom. The minimum Gasteiger partial charge on any atom is -0.469 e. The van der Waals surface area contributed by atoms with E-state index in [0.717, 1.165) is 5.56 Å². The monoisotopic (exact) mass is 279 g/mol. The van der Waals surface area contributed by atoms with Gasteiger partial charge in [-0.25, -0.2) is 0 Å². The number of carbonyl (C=O) groups excluding carboxylic acids is 1. The summed E-state index contributed by atoms with van der Waals surface area (Å²) in [6.45, 7) is 6.05. The molecule has 0 radical (unpaired) electrons. The Hall–Kier alpha value is -1.91. The zero-order valence-electron chi connectivity index (χ0n) is 12.4. The van der Waals surface area contributed by atoms with Crippen LogP contribution in [0.5, 0.6) is 0 Å². The minimum atomic E-state index is -0.358. The van der Waals surface area contributed by atoms with Gasteiger partial charge in [-0.1, -0.05) is 32.9 Å². The Kier molecular flexibility index (Phi) is 5.25. The first-order valence-electron chi connectivity index (χ1n) is 6.60. The van der Waals surface area contributed by atoms with Crippen LogP contribution >= 0.6 is 0 Å². The van der Waals surface area contributed by atoms with Crippen molar-refractivity contribution in [3.05, 3.63) is 39.4 Å². The fraction of sp³-hybridized carbons (Fsp3) is 0.533. The number of aryl methyl sites for hydroxylation is 1. The quantitative estimate of drug-likeness (QED) is 0.470. The molecule has 110 valence electrons. The van der Waals surface area contributed by atoms with E-state index in [1.54, 1.807) is 12.1 Å². The van der Waals surface area contributed by atoms with E-state index in [1.165, 1.54) is 7.11 Å². The van der Waals surface area contributed by atoms with Gasteiger partial charge in [0.2, 0.25) is 0 Å². The van der Waals surface area contributed by atoms with Gasteiger partial charge in [0.05, 0.1) is 12.0 Å². The van der Waals surface area contributed by atoms with Crippen LogP contribution in [-0.4, -0.2) is 18.0 Å². The van der Waals surface area contributed by atoms with Crippen LogP contribution in [-0.2, 0) is 21.4 Å². The Labute approximate surface area is 119 Å². The number of hydrogen-bond donors (Lipinski definition) is 0. The highest BCUT2D eigenvalue weighted by Crippen LogP contribution is 2.29.